The maximum absolute atomic E-state index is 13.5. The number of likely N-dealkylation sites (tertiary alicyclic amines) is 1. The summed E-state index contributed by atoms with van der Waals surface area (Å²) in [6.07, 6.45) is 1.92. The fourth-order valence-corrected chi connectivity index (χ4v) is 2.80. The van der Waals surface area contributed by atoms with Gasteiger partial charge in [0, 0.05) is 26.7 Å². The van der Waals surface area contributed by atoms with Gasteiger partial charge in [0.25, 0.3) is 0 Å². The Labute approximate surface area is 119 Å². The Morgan fingerprint density at radius 3 is 2.90 bits per heavy atom. The van der Waals surface area contributed by atoms with E-state index in [4.69, 9.17) is 5.73 Å². The van der Waals surface area contributed by atoms with Gasteiger partial charge < -0.3 is 11.1 Å². The first-order chi connectivity index (χ1) is 9.62. The zero-order valence-corrected chi connectivity index (χ0v) is 11.9. The molecule has 1 unspecified atom stereocenters. The summed E-state index contributed by atoms with van der Waals surface area (Å²) in [5, 5.41) is 2.70. The minimum atomic E-state index is -0.247. The van der Waals surface area contributed by atoms with Crippen molar-refractivity contribution >= 4 is 5.91 Å². The molecular weight excluding hydrogens is 257 g/mol. The van der Waals surface area contributed by atoms with Crippen LogP contribution in [-0.4, -0.2) is 30.9 Å². The summed E-state index contributed by atoms with van der Waals surface area (Å²) >= 11 is 0. The van der Waals surface area contributed by atoms with Gasteiger partial charge in [-0.3, -0.25) is 9.69 Å². The molecule has 0 aromatic heterocycles. The lowest BCUT2D eigenvalue weighted by Crippen LogP contribution is -2.41. The second kappa shape index (κ2) is 6.81. The molecule has 1 aromatic carbocycles. The third kappa shape index (κ3) is 3.77. The number of hydrogen-bond acceptors (Lipinski definition) is 3. The highest BCUT2D eigenvalue weighted by atomic mass is 19.1. The molecule has 0 bridgehead atoms. The van der Waals surface area contributed by atoms with Crippen LogP contribution in [0.1, 0.15) is 24.0 Å². The van der Waals surface area contributed by atoms with Crippen molar-refractivity contribution in [2.75, 3.05) is 20.1 Å². The first-order valence-corrected chi connectivity index (χ1v) is 7.04. The lowest BCUT2D eigenvalue weighted by molar-refractivity contribution is -0.126. The number of halogens is 1. The molecule has 0 aliphatic carbocycles. The van der Waals surface area contributed by atoms with Gasteiger partial charge in [0.05, 0.1) is 5.92 Å². The van der Waals surface area contributed by atoms with Gasteiger partial charge in [0.1, 0.15) is 5.82 Å². The van der Waals surface area contributed by atoms with Crippen molar-refractivity contribution in [2.24, 2.45) is 11.7 Å². The van der Waals surface area contributed by atoms with Gasteiger partial charge in [-0.1, -0.05) is 6.07 Å². The van der Waals surface area contributed by atoms with Crippen molar-refractivity contribution in [3.05, 3.63) is 35.1 Å². The maximum atomic E-state index is 13.5. The SMILES string of the molecule is CNC(=O)C1CCCN(Cc2cc(F)cc(CN)c2)C1. The summed E-state index contributed by atoms with van der Waals surface area (Å²) in [6.45, 7) is 2.68. The first-order valence-electron chi connectivity index (χ1n) is 7.04. The van der Waals surface area contributed by atoms with Crippen LogP contribution >= 0.6 is 0 Å². The molecule has 1 amide bonds. The number of amides is 1. The van der Waals surface area contributed by atoms with Gasteiger partial charge in [0.2, 0.25) is 5.91 Å². The lowest BCUT2D eigenvalue weighted by Gasteiger charge is -2.31. The number of nitrogens with one attached hydrogen (secondary N) is 1. The summed E-state index contributed by atoms with van der Waals surface area (Å²) in [7, 11) is 1.67. The quantitative estimate of drug-likeness (QED) is 0.872. The summed E-state index contributed by atoms with van der Waals surface area (Å²) in [5.41, 5.74) is 7.29. The van der Waals surface area contributed by atoms with Gasteiger partial charge in [0.15, 0.2) is 0 Å². The molecule has 20 heavy (non-hydrogen) atoms. The Morgan fingerprint density at radius 1 is 1.45 bits per heavy atom. The van der Waals surface area contributed by atoms with Crippen molar-refractivity contribution in [1.29, 1.82) is 0 Å². The minimum Gasteiger partial charge on any atom is -0.359 e. The Morgan fingerprint density at radius 2 is 2.20 bits per heavy atom. The van der Waals surface area contributed by atoms with E-state index in [1.54, 1.807) is 13.1 Å². The number of carbonyl (C=O) groups excluding carboxylic acids is 1. The van der Waals surface area contributed by atoms with Crippen molar-refractivity contribution in [3.63, 3.8) is 0 Å². The van der Waals surface area contributed by atoms with E-state index >= 15 is 0 Å². The van der Waals surface area contributed by atoms with E-state index in [1.807, 2.05) is 6.07 Å². The second-order valence-corrected chi connectivity index (χ2v) is 5.36. The van der Waals surface area contributed by atoms with Gasteiger partial charge in [-0.2, -0.15) is 0 Å². The van der Waals surface area contributed by atoms with E-state index in [1.165, 1.54) is 6.07 Å². The van der Waals surface area contributed by atoms with Crippen LogP contribution in [0.25, 0.3) is 0 Å². The minimum absolute atomic E-state index is 0.0382. The van der Waals surface area contributed by atoms with Crippen molar-refractivity contribution in [2.45, 2.75) is 25.9 Å². The fraction of sp³-hybridized carbons (Fsp3) is 0.533. The van der Waals surface area contributed by atoms with E-state index in [0.717, 1.165) is 37.1 Å². The molecule has 1 atom stereocenters. The van der Waals surface area contributed by atoms with Crippen molar-refractivity contribution < 1.29 is 9.18 Å². The van der Waals surface area contributed by atoms with Crippen LogP contribution in [-0.2, 0) is 17.9 Å². The van der Waals surface area contributed by atoms with Gasteiger partial charge in [-0.05, 0) is 42.6 Å². The first kappa shape index (κ1) is 14.9. The summed E-state index contributed by atoms with van der Waals surface area (Å²) in [5.74, 6) is -0.115. The summed E-state index contributed by atoms with van der Waals surface area (Å²) in [6, 6.07) is 4.95. The molecular formula is C15H22FN3O. The Balaban J connectivity index is 2.02. The van der Waals surface area contributed by atoms with Crippen LogP contribution in [0.2, 0.25) is 0 Å². The van der Waals surface area contributed by atoms with E-state index in [2.05, 4.69) is 10.2 Å². The number of piperidine rings is 1. The fourth-order valence-electron chi connectivity index (χ4n) is 2.80. The van der Waals surface area contributed by atoms with Crippen LogP contribution in [0.5, 0.6) is 0 Å². The molecule has 1 aliphatic rings. The molecule has 4 nitrogen and oxygen atoms in total. The third-order valence-electron chi connectivity index (χ3n) is 3.78. The highest BCUT2D eigenvalue weighted by molar-refractivity contribution is 5.78. The third-order valence-corrected chi connectivity index (χ3v) is 3.78. The average Bonchev–Trinajstić information content (AvgIpc) is 2.46. The molecule has 1 fully saturated rings. The van der Waals surface area contributed by atoms with E-state index in [-0.39, 0.29) is 17.6 Å². The molecule has 1 heterocycles. The van der Waals surface area contributed by atoms with Crippen LogP contribution in [0.4, 0.5) is 4.39 Å². The molecule has 0 saturated carbocycles. The number of nitrogens with two attached hydrogens (primary N) is 1. The molecule has 1 aliphatic heterocycles. The number of nitrogens with zero attached hydrogens (tertiary/aromatic N) is 1. The Hall–Kier alpha value is -1.46. The predicted octanol–water partition coefficient (Wildman–Crippen LogP) is 1.24. The summed E-state index contributed by atoms with van der Waals surface area (Å²) in [4.78, 5) is 13.9. The van der Waals surface area contributed by atoms with Crippen molar-refractivity contribution in [1.82, 2.24) is 10.2 Å². The molecule has 3 N–H and O–H groups in total. The standard InChI is InChI=1S/C15H22FN3O/c1-18-15(20)13-3-2-4-19(10-13)9-12-5-11(8-17)6-14(16)7-12/h5-7,13H,2-4,8-10,17H2,1H3,(H,18,20). The van der Waals surface area contributed by atoms with E-state index < -0.39 is 0 Å². The molecule has 110 valence electrons. The zero-order chi connectivity index (χ0) is 14.5. The predicted molar refractivity (Wildman–Crippen MR) is 76.4 cm³/mol. The van der Waals surface area contributed by atoms with Gasteiger partial charge in [-0.25, -0.2) is 4.39 Å². The van der Waals surface area contributed by atoms with Crippen molar-refractivity contribution in [3.8, 4) is 0 Å². The second-order valence-electron chi connectivity index (χ2n) is 5.36. The Kier molecular flexibility index (Phi) is 5.09. The smallest absolute Gasteiger partial charge is 0.224 e. The van der Waals surface area contributed by atoms with Gasteiger partial charge in [-0.15, -0.1) is 0 Å². The average molecular weight is 279 g/mol. The van der Waals surface area contributed by atoms with E-state index in [0.29, 0.717) is 13.1 Å². The monoisotopic (exact) mass is 279 g/mol. The number of carbonyl (C=O) groups is 1. The molecule has 5 heteroatoms. The van der Waals surface area contributed by atoms with Crippen LogP contribution in [0, 0.1) is 11.7 Å². The maximum Gasteiger partial charge on any atom is 0.224 e. The zero-order valence-electron chi connectivity index (χ0n) is 11.9. The molecule has 0 spiro atoms. The van der Waals surface area contributed by atoms with Crippen LogP contribution < -0.4 is 11.1 Å². The normalized spacial score (nSPS) is 19.9. The molecule has 1 saturated heterocycles. The summed E-state index contributed by atoms with van der Waals surface area (Å²) < 4.78 is 13.5. The van der Waals surface area contributed by atoms with E-state index in [9.17, 15) is 9.18 Å². The molecule has 0 radical (unpaired) electrons. The topological polar surface area (TPSA) is 58.4 Å². The Bertz CT molecular complexity index is 478. The largest absolute Gasteiger partial charge is 0.359 e. The number of hydrogen-bond donors (Lipinski definition) is 2. The molecule has 2 rings (SSSR count). The highest BCUT2D eigenvalue weighted by Gasteiger charge is 2.24. The lowest BCUT2D eigenvalue weighted by atomic mass is 9.96. The number of benzene rings is 1. The van der Waals surface area contributed by atoms with Crippen LogP contribution in [0.3, 0.4) is 0 Å². The molecule has 1 aromatic rings. The van der Waals surface area contributed by atoms with Gasteiger partial charge >= 0.3 is 0 Å². The highest BCUT2D eigenvalue weighted by Crippen LogP contribution is 2.19. The number of rotatable bonds is 4. The van der Waals surface area contributed by atoms with Crippen LogP contribution in [0.15, 0.2) is 18.2 Å².